The van der Waals surface area contributed by atoms with Gasteiger partial charge in [0.1, 0.15) is 6.61 Å². The second-order valence-electron chi connectivity index (χ2n) is 7.65. The van der Waals surface area contributed by atoms with E-state index in [1.807, 2.05) is 36.4 Å². The molecule has 0 spiro atoms. The fourth-order valence-electron chi connectivity index (χ4n) is 3.88. The third-order valence-corrected chi connectivity index (χ3v) is 7.09. The average Bonchev–Trinajstić information content (AvgIpc) is 3.14. The van der Waals surface area contributed by atoms with Crippen LogP contribution in [0.5, 0.6) is 5.75 Å². The summed E-state index contributed by atoms with van der Waals surface area (Å²) in [5, 5.41) is 0. The number of carbonyl (C=O) groups excluding carboxylic acids is 1. The van der Waals surface area contributed by atoms with Gasteiger partial charge < -0.3 is 9.30 Å². The molecule has 0 radical (unpaired) electrons. The number of likely N-dealkylation sites (N-methyl/N-ethyl adjacent to an activating group) is 1. The number of benzene rings is 1. The quantitative estimate of drug-likeness (QED) is 0.612. The molecule has 1 saturated heterocycles. The average molecular weight is 423 g/mol. The maximum absolute atomic E-state index is 13.6. The molecule has 0 bridgehead atoms. The molecule has 1 aliphatic heterocycles. The molecule has 1 aromatic heterocycles. The lowest BCUT2D eigenvalue weighted by Crippen LogP contribution is -2.30. The Morgan fingerprint density at radius 3 is 2.69 bits per heavy atom. The minimum Gasteiger partial charge on any atom is -0.489 e. The normalized spacial score (nSPS) is 18.3. The molecule has 0 aliphatic carbocycles. The number of ketones is 1. The first kappa shape index (κ1) is 21.5. The molecule has 0 saturated carbocycles. The van der Waals surface area contributed by atoms with Crippen molar-refractivity contribution in [3.05, 3.63) is 53.1 Å². The monoisotopic (exact) mass is 422 g/mol. The smallest absolute Gasteiger partial charge is 0.178 e. The number of hydrogen-bond donors (Lipinski definition) is 0. The highest BCUT2D eigenvalue weighted by Crippen LogP contribution is 2.29. The van der Waals surface area contributed by atoms with Crippen LogP contribution in [0.3, 0.4) is 0 Å². The summed E-state index contributed by atoms with van der Waals surface area (Å²) in [6.45, 7) is 4.71. The summed E-state index contributed by atoms with van der Waals surface area (Å²) in [5.41, 5.74) is 2.33. The van der Waals surface area contributed by atoms with Crippen LogP contribution in [0.4, 0.5) is 4.39 Å². The first-order valence-corrected chi connectivity index (χ1v) is 11.5. The maximum atomic E-state index is 13.6. The number of nitrogens with zero attached hydrogens (tertiary/aromatic N) is 2. The first-order valence-electron chi connectivity index (χ1n) is 9.66. The Morgan fingerprint density at radius 1 is 1.31 bits per heavy atom. The molecule has 8 heteroatoms. The lowest BCUT2D eigenvalue weighted by atomic mass is 10.1. The first-order chi connectivity index (χ1) is 13.7. The fourth-order valence-corrected chi connectivity index (χ4v) is 5.58. The van der Waals surface area contributed by atoms with Gasteiger partial charge in [0.2, 0.25) is 0 Å². The van der Waals surface area contributed by atoms with Crippen molar-refractivity contribution in [3.8, 4) is 5.75 Å². The second-order valence-corrected chi connectivity index (χ2v) is 9.88. The standard InChI is InChI=1S/C21H27FN2O4S/c1-15-12-18(16(2)24(15)17-8-11-29(26,27)14-17)20(25)13-23(3)9-10-28-21-7-5-4-6-19(21)22/h4-7,12,17H,8-11,13-14H2,1-3H3. The highest BCUT2D eigenvalue weighted by atomic mass is 32.2. The number of halogens is 1. The van der Waals surface area contributed by atoms with E-state index < -0.39 is 15.7 Å². The predicted molar refractivity (Wildman–Crippen MR) is 110 cm³/mol. The summed E-state index contributed by atoms with van der Waals surface area (Å²) in [6.07, 6.45) is 0.583. The number of ether oxygens (including phenoxy) is 1. The van der Waals surface area contributed by atoms with Crippen molar-refractivity contribution in [2.75, 3.05) is 38.2 Å². The molecule has 1 aliphatic rings. The number of hydrogen-bond acceptors (Lipinski definition) is 5. The van der Waals surface area contributed by atoms with Crippen LogP contribution in [0.15, 0.2) is 30.3 Å². The van der Waals surface area contributed by atoms with Gasteiger partial charge in [0.25, 0.3) is 0 Å². The number of para-hydroxylation sites is 1. The van der Waals surface area contributed by atoms with Crippen LogP contribution >= 0.6 is 0 Å². The van der Waals surface area contributed by atoms with Crippen LogP contribution in [0, 0.1) is 19.7 Å². The largest absolute Gasteiger partial charge is 0.489 e. The van der Waals surface area contributed by atoms with Crippen molar-refractivity contribution in [1.29, 1.82) is 0 Å². The van der Waals surface area contributed by atoms with E-state index in [0.717, 1.165) is 11.4 Å². The van der Waals surface area contributed by atoms with Gasteiger partial charge in [0, 0.05) is 29.5 Å². The van der Waals surface area contributed by atoms with Gasteiger partial charge in [-0.05, 0) is 45.5 Å². The molecule has 0 amide bonds. The molecular formula is C21H27FN2O4S. The summed E-state index contributed by atoms with van der Waals surface area (Å²) >= 11 is 0. The van der Waals surface area contributed by atoms with Gasteiger partial charge in [0.05, 0.1) is 18.1 Å². The highest BCUT2D eigenvalue weighted by molar-refractivity contribution is 7.91. The maximum Gasteiger partial charge on any atom is 0.178 e. The Hall–Kier alpha value is -2.19. The number of carbonyl (C=O) groups is 1. The highest BCUT2D eigenvalue weighted by Gasteiger charge is 2.31. The summed E-state index contributed by atoms with van der Waals surface area (Å²) in [5.74, 6) is 0.0843. The van der Waals surface area contributed by atoms with Gasteiger partial charge in [-0.2, -0.15) is 0 Å². The van der Waals surface area contributed by atoms with Gasteiger partial charge in [-0.25, -0.2) is 12.8 Å². The van der Waals surface area contributed by atoms with E-state index in [9.17, 15) is 17.6 Å². The van der Waals surface area contributed by atoms with Crippen molar-refractivity contribution in [2.24, 2.45) is 0 Å². The van der Waals surface area contributed by atoms with E-state index in [4.69, 9.17) is 4.74 Å². The third kappa shape index (κ3) is 5.05. The number of aromatic nitrogens is 1. The molecule has 1 fully saturated rings. The Morgan fingerprint density at radius 2 is 2.03 bits per heavy atom. The van der Waals surface area contributed by atoms with Crippen LogP contribution in [0.1, 0.15) is 34.2 Å². The van der Waals surface area contributed by atoms with Crippen molar-refractivity contribution in [2.45, 2.75) is 26.3 Å². The topological polar surface area (TPSA) is 68.6 Å². The lowest BCUT2D eigenvalue weighted by Gasteiger charge is -2.18. The van der Waals surface area contributed by atoms with Gasteiger partial charge >= 0.3 is 0 Å². The molecule has 3 rings (SSSR count). The molecule has 6 nitrogen and oxygen atoms in total. The molecule has 2 heterocycles. The molecule has 158 valence electrons. The van der Waals surface area contributed by atoms with Crippen LogP contribution < -0.4 is 4.74 Å². The van der Waals surface area contributed by atoms with Crippen molar-refractivity contribution >= 4 is 15.6 Å². The molecule has 29 heavy (non-hydrogen) atoms. The van der Waals surface area contributed by atoms with Crippen LogP contribution in [0.25, 0.3) is 0 Å². The van der Waals surface area contributed by atoms with Crippen molar-refractivity contribution < 1.29 is 22.3 Å². The molecule has 0 N–H and O–H groups in total. The van der Waals surface area contributed by atoms with E-state index in [2.05, 4.69) is 0 Å². The minimum absolute atomic E-state index is 0.0291. The van der Waals surface area contributed by atoms with Gasteiger partial charge in [-0.3, -0.25) is 9.69 Å². The summed E-state index contributed by atoms with van der Waals surface area (Å²) < 4.78 is 44.6. The Kier molecular flexibility index (Phi) is 6.43. The summed E-state index contributed by atoms with van der Waals surface area (Å²) in [4.78, 5) is 14.6. The van der Waals surface area contributed by atoms with E-state index in [1.165, 1.54) is 6.07 Å². The summed E-state index contributed by atoms with van der Waals surface area (Å²) in [6, 6.07) is 7.95. The zero-order valence-corrected chi connectivity index (χ0v) is 17.8. The number of sulfone groups is 1. The van der Waals surface area contributed by atoms with Gasteiger partial charge in [-0.15, -0.1) is 0 Å². The van der Waals surface area contributed by atoms with Gasteiger partial charge in [-0.1, -0.05) is 12.1 Å². The van der Waals surface area contributed by atoms with Crippen LogP contribution in [-0.4, -0.2) is 61.9 Å². The Labute approximate surface area is 171 Å². The minimum atomic E-state index is -3.00. The van der Waals surface area contributed by atoms with Crippen molar-refractivity contribution in [3.63, 3.8) is 0 Å². The molecule has 1 unspecified atom stereocenters. The molecule has 2 aromatic rings. The van der Waals surface area contributed by atoms with E-state index >= 15 is 0 Å². The number of rotatable bonds is 8. The summed E-state index contributed by atoms with van der Waals surface area (Å²) in [7, 11) is -1.19. The fraction of sp³-hybridized carbons (Fsp3) is 0.476. The van der Waals surface area contributed by atoms with E-state index in [-0.39, 0.29) is 42.2 Å². The third-order valence-electron chi connectivity index (χ3n) is 5.34. The molecule has 1 aromatic carbocycles. The zero-order chi connectivity index (χ0) is 21.2. The SMILES string of the molecule is Cc1cc(C(=O)CN(C)CCOc2ccccc2F)c(C)n1C1CCS(=O)(=O)C1. The van der Waals surface area contributed by atoms with Gasteiger partial charge in [0.15, 0.2) is 27.2 Å². The van der Waals surface area contributed by atoms with Crippen LogP contribution in [-0.2, 0) is 9.84 Å². The van der Waals surface area contributed by atoms with Crippen LogP contribution in [0.2, 0.25) is 0 Å². The predicted octanol–water partition coefficient (Wildman–Crippen LogP) is 2.80. The van der Waals surface area contributed by atoms with Crippen molar-refractivity contribution in [1.82, 2.24) is 9.47 Å². The molecular weight excluding hydrogens is 395 g/mol. The Bertz CT molecular complexity index is 1000. The second kappa shape index (κ2) is 8.67. The zero-order valence-electron chi connectivity index (χ0n) is 17.0. The number of Topliss-reactive ketones (excluding diaryl/α,β-unsaturated/α-hetero) is 1. The Balaban J connectivity index is 1.59. The van der Waals surface area contributed by atoms with E-state index in [0.29, 0.717) is 18.5 Å². The van der Waals surface area contributed by atoms with E-state index in [1.54, 1.807) is 18.2 Å². The lowest BCUT2D eigenvalue weighted by molar-refractivity contribution is 0.0937. The number of aryl methyl sites for hydroxylation is 1. The molecule has 1 atom stereocenters.